The lowest BCUT2D eigenvalue weighted by molar-refractivity contribution is -0.167. The average Bonchev–Trinajstić information content (AvgIpc) is 3.49. The number of aliphatic hydroxyl groups is 1. The Morgan fingerprint density at radius 1 is 0.880 bits per heavy atom. The van der Waals surface area contributed by atoms with Gasteiger partial charge in [0.25, 0.3) is 0 Å². The Bertz CT molecular complexity index is 1680. The van der Waals surface area contributed by atoms with Gasteiger partial charge in [-0.15, -0.1) is 0 Å². The molecule has 1 aromatic heterocycles. The summed E-state index contributed by atoms with van der Waals surface area (Å²) in [6.07, 6.45) is 3.32. The van der Waals surface area contributed by atoms with Crippen molar-refractivity contribution in [3.63, 3.8) is 0 Å². The molecule has 7 rings (SSSR count). The number of benzene rings is 1. The van der Waals surface area contributed by atoms with Gasteiger partial charge in [-0.3, -0.25) is 4.79 Å². The summed E-state index contributed by atoms with van der Waals surface area (Å²) in [7, 11) is 0. The van der Waals surface area contributed by atoms with Gasteiger partial charge in [-0.05, 0) is 123 Å². The van der Waals surface area contributed by atoms with E-state index in [9.17, 15) is 24.3 Å². The third-order valence-corrected chi connectivity index (χ3v) is 10.9. The van der Waals surface area contributed by atoms with Crippen molar-refractivity contribution in [1.82, 2.24) is 15.0 Å². The first-order valence-corrected chi connectivity index (χ1v) is 18.4. The Labute approximate surface area is 303 Å². The van der Waals surface area contributed by atoms with E-state index in [0.717, 1.165) is 30.7 Å². The first-order chi connectivity index (χ1) is 23.1. The van der Waals surface area contributed by atoms with E-state index in [4.69, 9.17) is 37.4 Å². The van der Waals surface area contributed by atoms with Crippen LogP contribution in [0.3, 0.4) is 0 Å². The van der Waals surface area contributed by atoms with Gasteiger partial charge in [-0.25, -0.2) is 14.4 Å². The van der Waals surface area contributed by atoms with E-state index >= 15 is 0 Å². The molecule has 0 spiro atoms. The van der Waals surface area contributed by atoms with Gasteiger partial charge in [-0.2, -0.15) is 10.0 Å². The molecule has 0 radical (unpaired) electrons. The normalized spacial score (nSPS) is 27.6. The van der Waals surface area contributed by atoms with Crippen LogP contribution in [0.4, 0.5) is 4.79 Å². The number of fused-ring (bicyclic) bond motifs is 1. The molecule has 4 bridgehead atoms. The minimum atomic E-state index is -1.29. The maximum absolute atomic E-state index is 14.0. The molecule has 2 heterocycles. The molecule has 1 saturated heterocycles. The number of aromatic nitrogens is 1. The van der Waals surface area contributed by atoms with Gasteiger partial charge in [0.1, 0.15) is 28.1 Å². The third kappa shape index (κ3) is 7.38. The fourth-order valence-corrected chi connectivity index (χ4v) is 9.64. The van der Waals surface area contributed by atoms with E-state index in [0.29, 0.717) is 34.2 Å². The number of hydrogen-bond donors (Lipinski definition) is 2. The predicted octanol–water partition coefficient (Wildman–Crippen LogP) is 7.69. The summed E-state index contributed by atoms with van der Waals surface area (Å²) < 4.78 is 17.3. The van der Waals surface area contributed by atoms with E-state index in [1.807, 2.05) is 5.01 Å². The number of H-pyrrole nitrogens is 1. The fraction of sp³-hybridized carbons (Fsp3) is 0.676. The van der Waals surface area contributed by atoms with E-state index in [-0.39, 0.29) is 40.5 Å². The zero-order valence-electron chi connectivity index (χ0n) is 30.1. The highest BCUT2D eigenvalue weighted by atomic mass is 35.5. The first-order valence-electron chi connectivity index (χ1n) is 17.6. The summed E-state index contributed by atoms with van der Waals surface area (Å²) in [5.41, 5.74) is -2.86. The summed E-state index contributed by atoms with van der Waals surface area (Å²) in [6.45, 7) is 13.7. The molecule has 11 nitrogen and oxygen atoms in total. The highest BCUT2D eigenvalue weighted by Gasteiger charge is 2.58. The van der Waals surface area contributed by atoms with Crippen molar-refractivity contribution in [3.05, 3.63) is 33.4 Å². The number of aliphatic hydroxyl groups excluding tert-OH is 1. The number of rotatable bonds is 7. The number of esters is 2. The summed E-state index contributed by atoms with van der Waals surface area (Å²) in [6, 6.07) is 2.19. The molecule has 274 valence electrons. The highest BCUT2D eigenvalue weighted by molar-refractivity contribution is 6.40. The molecular formula is C37H49Cl2N3O8. The molecule has 2 amide bonds. The second-order valence-electron chi connectivity index (χ2n) is 17.4. The molecule has 4 aliphatic carbocycles. The van der Waals surface area contributed by atoms with Gasteiger partial charge < -0.3 is 24.3 Å². The Hall–Kier alpha value is -2.86. The molecule has 13 heteroatoms. The lowest BCUT2D eigenvalue weighted by Gasteiger charge is -2.58. The molecule has 5 aliphatic rings. The van der Waals surface area contributed by atoms with Crippen LogP contribution >= 0.6 is 23.2 Å². The number of nitrogens with one attached hydrogen (secondary N) is 1. The topological polar surface area (TPSA) is 138 Å². The number of amides is 2. The molecule has 4 saturated carbocycles. The number of carbonyl (C=O) groups is 4. The zero-order valence-corrected chi connectivity index (χ0v) is 31.6. The second kappa shape index (κ2) is 13.0. The van der Waals surface area contributed by atoms with Crippen LogP contribution in [0.25, 0.3) is 10.9 Å². The van der Waals surface area contributed by atoms with Crippen molar-refractivity contribution < 1.29 is 38.5 Å². The summed E-state index contributed by atoms with van der Waals surface area (Å²) in [4.78, 5) is 57.5. The number of nitrogens with zero attached hydrogens (tertiary/aromatic N) is 2. The number of carbonyl (C=O) groups excluding carboxylic acids is 4. The van der Waals surface area contributed by atoms with E-state index in [1.54, 1.807) is 61.5 Å². The van der Waals surface area contributed by atoms with Crippen LogP contribution in [-0.2, 0) is 19.0 Å². The molecule has 2 unspecified atom stereocenters. The van der Waals surface area contributed by atoms with Gasteiger partial charge >= 0.3 is 18.0 Å². The summed E-state index contributed by atoms with van der Waals surface area (Å²) in [5, 5.41) is 15.6. The number of halogens is 2. The van der Waals surface area contributed by atoms with Crippen molar-refractivity contribution in [1.29, 1.82) is 0 Å². The maximum atomic E-state index is 14.0. The lowest BCUT2D eigenvalue weighted by atomic mass is 9.54. The fourth-order valence-electron chi connectivity index (χ4n) is 9.05. The Morgan fingerprint density at radius 3 is 2.02 bits per heavy atom. The Morgan fingerprint density at radius 2 is 1.46 bits per heavy atom. The van der Waals surface area contributed by atoms with Crippen LogP contribution in [0, 0.1) is 23.7 Å². The summed E-state index contributed by atoms with van der Waals surface area (Å²) >= 11 is 12.8. The molecular weight excluding hydrogens is 685 g/mol. The van der Waals surface area contributed by atoms with Gasteiger partial charge in [0, 0.05) is 34.8 Å². The zero-order chi connectivity index (χ0) is 36.7. The smallest absolute Gasteiger partial charge is 0.432 e. The minimum absolute atomic E-state index is 0.0632. The maximum Gasteiger partial charge on any atom is 0.432 e. The van der Waals surface area contributed by atoms with E-state index in [2.05, 4.69) is 4.98 Å². The van der Waals surface area contributed by atoms with Crippen molar-refractivity contribution in [2.24, 2.45) is 23.7 Å². The van der Waals surface area contributed by atoms with Crippen molar-refractivity contribution >= 4 is 58.0 Å². The van der Waals surface area contributed by atoms with Crippen LogP contribution in [-0.4, -0.2) is 79.0 Å². The molecule has 5 fully saturated rings. The Kier molecular flexibility index (Phi) is 9.58. The number of hydrazine groups is 1. The van der Waals surface area contributed by atoms with Crippen molar-refractivity contribution in [2.75, 3.05) is 0 Å². The third-order valence-electron chi connectivity index (χ3n) is 10.4. The van der Waals surface area contributed by atoms with E-state index < -0.39 is 52.9 Å². The lowest BCUT2D eigenvalue weighted by Crippen LogP contribution is -2.63. The number of ether oxygens (including phenoxy) is 3. The second-order valence-corrected chi connectivity index (χ2v) is 18.2. The van der Waals surface area contributed by atoms with Crippen LogP contribution < -0.4 is 0 Å². The molecule has 1 aromatic carbocycles. The van der Waals surface area contributed by atoms with Gasteiger partial charge in [0.15, 0.2) is 0 Å². The highest BCUT2D eigenvalue weighted by Crippen LogP contribution is 2.56. The number of aromatic amines is 1. The predicted molar refractivity (Wildman–Crippen MR) is 188 cm³/mol. The van der Waals surface area contributed by atoms with Crippen molar-refractivity contribution in [3.8, 4) is 0 Å². The number of hydrogen-bond acceptors (Lipinski definition) is 9. The Balaban J connectivity index is 1.28. The van der Waals surface area contributed by atoms with Crippen LogP contribution in [0.5, 0.6) is 0 Å². The van der Waals surface area contributed by atoms with Crippen LogP contribution in [0.1, 0.15) is 121 Å². The molecule has 2 N–H and O–H groups in total. The average molecular weight is 735 g/mol. The van der Waals surface area contributed by atoms with Crippen molar-refractivity contribution in [2.45, 2.75) is 135 Å². The van der Waals surface area contributed by atoms with E-state index in [1.165, 1.54) is 12.5 Å². The molecule has 1 aliphatic heterocycles. The monoisotopic (exact) mass is 733 g/mol. The van der Waals surface area contributed by atoms with Gasteiger partial charge in [-0.1, -0.05) is 23.2 Å². The van der Waals surface area contributed by atoms with Gasteiger partial charge in [0.05, 0.1) is 17.2 Å². The molecule has 2 atom stereocenters. The van der Waals surface area contributed by atoms with Crippen LogP contribution in [0.15, 0.2) is 12.1 Å². The quantitative estimate of drug-likeness (QED) is 0.217. The molecule has 2 aromatic rings. The minimum Gasteiger partial charge on any atom is -0.456 e. The number of imide groups is 1. The van der Waals surface area contributed by atoms with Crippen LogP contribution in [0.2, 0.25) is 10.0 Å². The summed E-state index contributed by atoms with van der Waals surface area (Å²) in [5.74, 6) is -0.145. The standard InChI is InChI=1S/C37H49Cl2N3O8/c1-35(2,3)48-33(46)30-29(28-23(39)14-22(38)15-24(28)40-30)32(45)49-37(7,8)17-26(43)25-16-27(44)42(34(47)50-36(4,5)6)41(25)31-20-10-18-9-19(12-20)13-21(31)11-18/h14-15,18-21,25-26,31,40,43H,9-13,16-17H2,1-8H3. The van der Waals surface area contributed by atoms with Gasteiger partial charge in [0.2, 0.25) is 5.91 Å². The SMILES string of the molecule is CC(C)(C)OC(=O)c1[nH]c2cc(Cl)cc(Cl)c2c1C(=O)OC(C)(C)CC(O)C1CC(=O)N(C(=O)OC(C)(C)C)N1C1C2CC3CC(C2)CC1C3. The molecule has 50 heavy (non-hydrogen) atoms. The largest absolute Gasteiger partial charge is 0.456 e. The first kappa shape index (κ1) is 36.9.